The first kappa shape index (κ1) is 19.0. The second kappa shape index (κ2) is 8.73. The average molecular weight is 376 g/mol. The number of hydrogen-bond donors (Lipinski definition) is 1. The molecule has 1 aliphatic heterocycles. The van der Waals surface area contributed by atoms with Gasteiger partial charge in [-0.15, -0.1) is 11.3 Å². The maximum Gasteiger partial charge on any atom is 0.223 e. The zero-order chi connectivity index (χ0) is 18.5. The zero-order valence-electron chi connectivity index (χ0n) is 15.3. The molecule has 2 atom stereocenters. The van der Waals surface area contributed by atoms with E-state index >= 15 is 0 Å². The molecule has 2 heterocycles. The van der Waals surface area contributed by atoms with Gasteiger partial charge in [0.15, 0.2) is 0 Å². The Bertz CT molecular complexity index is 702. The Balaban J connectivity index is 1.70. The first-order chi connectivity index (χ1) is 12.5. The van der Waals surface area contributed by atoms with E-state index in [0.717, 1.165) is 43.0 Å². The number of carbonyl (C=O) groups is 1. The fourth-order valence-corrected chi connectivity index (χ4v) is 4.23. The largest absolute Gasteiger partial charge is 0.346 e. The number of halogens is 1. The first-order valence-corrected chi connectivity index (χ1v) is 10.1. The van der Waals surface area contributed by atoms with Gasteiger partial charge in [-0.05, 0) is 43.0 Å². The number of nitrogens with zero attached hydrogens (tertiary/aromatic N) is 2. The first-order valence-electron chi connectivity index (χ1n) is 9.19. The van der Waals surface area contributed by atoms with Crippen molar-refractivity contribution in [1.82, 2.24) is 15.2 Å². The van der Waals surface area contributed by atoms with Crippen molar-refractivity contribution in [1.29, 1.82) is 0 Å². The van der Waals surface area contributed by atoms with Gasteiger partial charge in [-0.3, -0.25) is 9.69 Å². The van der Waals surface area contributed by atoms with Crippen LogP contribution in [-0.2, 0) is 11.3 Å². The van der Waals surface area contributed by atoms with Gasteiger partial charge in [-0.1, -0.05) is 26.0 Å². The summed E-state index contributed by atoms with van der Waals surface area (Å²) >= 11 is 1.60. The molecule has 3 rings (SSSR count). The summed E-state index contributed by atoms with van der Waals surface area (Å²) in [7, 11) is 0. The third-order valence-corrected chi connectivity index (χ3v) is 5.73. The van der Waals surface area contributed by atoms with Crippen LogP contribution in [-0.4, -0.2) is 28.9 Å². The maximum atomic E-state index is 13.1. The van der Waals surface area contributed by atoms with Crippen LogP contribution in [0.5, 0.6) is 0 Å². The van der Waals surface area contributed by atoms with E-state index in [2.05, 4.69) is 15.2 Å². The predicted octanol–water partition coefficient (Wildman–Crippen LogP) is 4.01. The summed E-state index contributed by atoms with van der Waals surface area (Å²) in [5.74, 6) is 0.153. The minimum atomic E-state index is -0.203. The Morgan fingerprint density at radius 2 is 2.15 bits per heavy atom. The molecular formula is C20H26FN3OS. The van der Waals surface area contributed by atoms with Crippen LogP contribution in [0.25, 0.3) is 0 Å². The number of likely N-dealkylation sites (tertiary alicyclic amines) is 1. The van der Waals surface area contributed by atoms with Crippen LogP contribution in [0, 0.1) is 17.7 Å². The van der Waals surface area contributed by atoms with Crippen LogP contribution < -0.4 is 5.32 Å². The van der Waals surface area contributed by atoms with Crippen molar-refractivity contribution in [3.8, 4) is 0 Å². The zero-order valence-corrected chi connectivity index (χ0v) is 16.1. The molecule has 0 bridgehead atoms. The molecule has 0 radical (unpaired) electrons. The van der Waals surface area contributed by atoms with Crippen LogP contribution in [0.2, 0.25) is 0 Å². The number of piperidine rings is 1. The molecule has 140 valence electrons. The number of benzene rings is 1. The lowest BCUT2D eigenvalue weighted by atomic mass is 9.90. The number of nitrogens with one attached hydrogen (secondary N) is 1. The fraction of sp³-hybridized carbons (Fsp3) is 0.500. The van der Waals surface area contributed by atoms with E-state index in [1.807, 2.05) is 31.4 Å². The van der Waals surface area contributed by atoms with Gasteiger partial charge in [0.2, 0.25) is 5.91 Å². The molecule has 1 saturated heterocycles. The lowest BCUT2D eigenvalue weighted by molar-refractivity contribution is -0.125. The third-order valence-electron chi connectivity index (χ3n) is 4.87. The van der Waals surface area contributed by atoms with E-state index in [4.69, 9.17) is 0 Å². The molecule has 0 saturated carbocycles. The lowest BCUT2D eigenvalue weighted by Crippen LogP contribution is -2.43. The summed E-state index contributed by atoms with van der Waals surface area (Å²) in [5, 5.41) is 6.15. The summed E-state index contributed by atoms with van der Waals surface area (Å²) in [6.45, 7) is 6.56. The Labute approximate surface area is 158 Å². The smallest absolute Gasteiger partial charge is 0.223 e. The normalized spacial score (nSPS) is 19.5. The highest BCUT2D eigenvalue weighted by Crippen LogP contribution is 2.31. The van der Waals surface area contributed by atoms with Crippen LogP contribution >= 0.6 is 11.3 Å². The molecule has 1 N–H and O–H groups in total. The van der Waals surface area contributed by atoms with Crippen molar-refractivity contribution < 1.29 is 9.18 Å². The molecular weight excluding hydrogens is 349 g/mol. The molecule has 6 heteroatoms. The second-order valence-corrected chi connectivity index (χ2v) is 8.20. The highest BCUT2D eigenvalue weighted by Gasteiger charge is 2.31. The van der Waals surface area contributed by atoms with Crippen LogP contribution in [0.15, 0.2) is 35.8 Å². The third kappa shape index (κ3) is 4.89. The highest BCUT2D eigenvalue weighted by atomic mass is 32.1. The monoisotopic (exact) mass is 375 g/mol. The van der Waals surface area contributed by atoms with Crippen molar-refractivity contribution in [2.24, 2.45) is 11.8 Å². The lowest BCUT2D eigenvalue weighted by Gasteiger charge is -2.37. The van der Waals surface area contributed by atoms with Crippen molar-refractivity contribution in [2.75, 3.05) is 13.1 Å². The molecule has 1 aliphatic rings. The number of thiazole rings is 1. The average Bonchev–Trinajstić information content (AvgIpc) is 3.16. The van der Waals surface area contributed by atoms with Gasteiger partial charge in [0.1, 0.15) is 10.8 Å². The van der Waals surface area contributed by atoms with Crippen molar-refractivity contribution >= 4 is 17.2 Å². The van der Waals surface area contributed by atoms with Crippen molar-refractivity contribution in [2.45, 2.75) is 39.3 Å². The molecule has 26 heavy (non-hydrogen) atoms. The summed E-state index contributed by atoms with van der Waals surface area (Å²) in [6.07, 6.45) is 3.96. The quantitative estimate of drug-likeness (QED) is 0.830. The molecule has 0 unspecified atom stereocenters. The minimum absolute atomic E-state index is 0.0408. The Hall–Kier alpha value is -1.79. The Morgan fingerprint density at radius 1 is 1.38 bits per heavy atom. The van der Waals surface area contributed by atoms with Gasteiger partial charge >= 0.3 is 0 Å². The molecule has 1 aromatic heterocycles. The van der Waals surface area contributed by atoms with Crippen LogP contribution in [0.3, 0.4) is 0 Å². The van der Waals surface area contributed by atoms with Gasteiger partial charge in [-0.2, -0.15) is 0 Å². The molecule has 0 aliphatic carbocycles. The van der Waals surface area contributed by atoms with Gasteiger partial charge in [0, 0.05) is 30.6 Å². The summed E-state index contributed by atoms with van der Waals surface area (Å²) in [5.41, 5.74) is 1.11. The molecule has 2 aromatic rings. The molecule has 0 spiro atoms. The second-order valence-electron chi connectivity index (χ2n) is 7.28. The van der Waals surface area contributed by atoms with E-state index < -0.39 is 0 Å². The standard InChI is InChI=1S/C20H26FN3OS/c1-14(2)19(25)23-18(20-22-9-11-26-20)16-4-3-10-24(13-16)12-15-5-7-17(21)8-6-15/h5-9,11,14,16,18H,3-4,10,12-13H2,1-2H3,(H,23,25)/t16-,18-/m0/s1. The van der Waals surface area contributed by atoms with E-state index in [1.165, 1.54) is 12.1 Å². The topological polar surface area (TPSA) is 45.2 Å². The van der Waals surface area contributed by atoms with Gasteiger partial charge < -0.3 is 5.32 Å². The van der Waals surface area contributed by atoms with Crippen LogP contribution in [0.4, 0.5) is 4.39 Å². The van der Waals surface area contributed by atoms with E-state index in [9.17, 15) is 9.18 Å². The Morgan fingerprint density at radius 3 is 2.81 bits per heavy atom. The number of amides is 1. The molecule has 4 nitrogen and oxygen atoms in total. The molecule has 1 amide bonds. The summed E-state index contributed by atoms with van der Waals surface area (Å²) in [6, 6.07) is 6.67. The predicted molar refractivity (Wildman–Crippen MR) is 102 cm³/mol. The number of hydrogen-bond acceptors (Lipinski definition) is 4. The molecule has 1 aromatic carbocycles. The van der Waals surface area contributed by atoms with Crippen molar-refractivity contribution in [3.05, 3.63) is 52.2 Å². The van der Waals surface area contributed by atoms with E-state index in [0.29, 0.717) is 5.92 Å². The van der Waals surface area contributed by atoms with E-state index in [-0.39, 0.29) is 23.7 Å². The SMILES string of the molecule is CC(C)C(=O)N[C@H](c1nccs1)[C@H]1CCCN(Cc2ccc(F)cc2)C1. The highest BCUT2D eigenvalue weighted by molar-refractivity contribution is 7.09. The fourth-order valence-electron chi connectivity index (χ4n) is 3.44. The number of carbonyl (C=O) groups excluding carboxylic acids is 1. The maximum absolute atomic E-state index is 13.1. The Kier molecular flexibility index (Phi) is 6.38. The van der Waals surface area contributed by atoms with Gasteiger partial charge in [0.25, 0.3) is 0 Å². The minimum Gasteiger partial charge on any atom is -0.346 e. The molecule has 1 fully saturated rings. The van der Waals surface area contributed by atoms with Crippen molar-refractivity contribution in [3.63, 3.8) is 0 Å². The number of rotatable bonds is 6. The number of aromatic nitrogens is 1. The van der Waals surface area contributed by atoms with Crippen LogP contribution in [0.1, 0.15) is 43.3 Å². The summed E-state index contributed by atoms with van der Waals surface area (Å²) < 4.78 is 13.1. The summed E-state index contributed by atoms with van der Waals surface area (Å²) in [4.78, 5) is 19.2. The van der Waals surface area contributed by atoms with Gasteiger partial charge in [0.05, 0.1) is 6.04 Å². The van der Waals surface area contributed by atoms with E-state index in [1.54, 1.807) is 17.5 Å². The van der Waals surface area contributed by atoms with Gasteiger partial charge in [-0.25, -0.2) is 9.37 Å².